The molecule has 0 spiro atoms. The summed E-state index contributed by atoms with van der Waals surface area (Å²) in [6.07, 6.45) is -0.275. The second-order valence-electron chi connectivity index (χ2n) is 5.05. The number of hydrogen-bond acceptors (Lipinski definition) is 4. The van der Waals surface area contributed by atoms with Crippen LogP contribution in [0, 0.1) is 13.8 Å². The molecule has 0 fully saturated rings. The van der Waals surface area contributed by atoms with Gasteiger partial charge in [-0.15, -0.1) is 23.5 Å². The summed E-state index contributed by atoms with van der Waals surface area (Å²) in [5.74, 6) is 0. The smallest absolute Gasteiger partial charge is 0.419 e. The van der Waals surface area contributed by atoms with E-state index in [9.17, 15) is 4.79 Å². The zero-order valence-corrected chi connectivity index (χ0v) is 12.4. The Labute approximate surface area is 110 Å². The Hall–Kier alpha value is -0.550. The summed E-state index contributed by atoms with van der Waals surface area (Å²) in [5.41, 5.74) is 1.55. The number of nitrogens with zero attached hydrogens (tertiary/aromatic N) is 1. The van der Waals surface area contributed by atoms with E-state index >= 15 is 0 Å². The molecule has 0 atom stereocenters. The molecule has 17 heavy (non-hydrogen) atoms. The van der Waals surface area contributed by atoms with E-state index < -0.39 is 5.60 Å². The minimum Gasteiger partial charge on any atom is -0.443 e. The molecule has 0 saturated heterocycles. The molecule has 0 radical (unpaired) electrons. The van der Waals surface area contributed by atoms with Gasteiger partial charge >= 0.3 is 6.09 Å². The molecule has 0 aliphatic carbocycles. The lowest BCUT2D eigenvalue weighted by molar-refractivity contribution is 0.0530. The molecule has 1 aromatic heterocycles. The Kier molecular flexibility index (Phi) is 3.25. The molecule has 1 aliphatic heterocycles. The minimum atomic E-state index is -0.453. The van der Waals surface area contributed by atoms with Crippen LogP contribution in [-0.4, -0.2) is 21.3 Å². The van der Waals surface area contributed by atoms with Crippen molar-refractivity contribution in [3.05, 3.63) is 11.4 Å². The van der Waals surface area contributed by atoms with E-state index in [0.717, 1.165) is 16.5 Å². The fourth-order valence-corrected chi connectivity index (χ4v) is 4.54. The highest BCUT2D eigenvalue weighted by atomic mass is 32.2. The zero-order valence-electron chi connectivity index (χ0n) is 10.8. The Bertz CT molecular complexity index is 444. The van der Waals surface area contributed by atoms with Gasteiger partial charge in [0.25, 0.3) is 0 Å². The number of hydrogen-bond donors (Lipinski definition) is 0. The number of ether oxygens (including phenoxy) is 1. The van der Waals surface area contributed by atoms with E-state index in [2.05, 4.69) is 0 Å². The van der Waals surface area contributed by atoms with Crippen LogP contribution in [0.3, 0.4) is 0 Å². The number of carbonyl (C=O) groups excluding carboxylic acids is 1. The largest absolute Gasteiger partial charge is 0.443 e. The van der Waals surface area contributed by atoms with E-state index in [1.807, 2.05) is 34.6 Å². The van der Waals surface area contributed by atoms with Gasteiger partial charge in [-0.3, -0.25) is 4.57 Å². The Balaban J connectivity index is 2.37. The van der Waals surface area contributed by atoms with E-state index in [-0.39, 0.29) is 6.09 Å². The minimum absolute atomic E-state index is 0.275. The number of rotatable bonds is 0. The maximum atomic E-state index is 12.1. The van der Waals surface area contributed by atoms with Crippen molar-refractivity contribution in [2.45, 2.75) is 50.0 Å². The number of carbonyl (C=O) groups is 1. The molecule has 2 rings (SSSR count). The Morgan fingerprint density at radius 1 is 1.18 bits per heavy atom. The van der Waals surface area contributed by atoms with Crippen LogP contribution in [0.4, 0.5) is 4.79 Å². The first-order chi connectivity index (χ1) is 7.81. The van der Waals surface area contributed by atoms with Crippen molar-refractivity contribution in [3.8, 4) is 0 Å². The summed E-state index contributed by atoms with van der Waals surface area (Å²) in [6, 6.07) is 0. The summed E-state index contributed by atoms with van der Waals surface area (Å²) in [5, 5.41) is 1.04. The normalized spacial score (nSPS) is 14.9. The van der Waals surface area contributed by atoms with Crippen LogP contribution >= 0.6 is 23.5 Å². The van der Waals surface area contributed by atoms with Gasteiger partial charge in [-0.05, 0) is 34.6 Å². The molecular formula is C12H17NO2S2. The van der Waals surface area contributed by atoms with Crippen molar-refractivity contribution < 1.29 is 9.53 Å². The molecule has 0 amide bonds. The van der Waals surface area contributed by atoms with Gasteiger partial charge in [0.05, 0.1) is 0 Å². The van der Waals surface area contributed by atoms with Crippen LogP contribution in [0.2, 0.25) is 0 Å². The van der Waals surface area contributed by atoms with Crippen molar-refractivity contribution in [1.29, 1.82) is 0 Å². The van der Waals surface area contributed by atoms with Gasteiger partial charge in [0.15, 0.2) is 0 Å². The quantitative estimate of drug-likeness (QED) is 0.712. The van der Waals surface area contributed by atoms with Gasteiger partial charge in [0.2, 0.25) is 0 Å². The third-order valence-corrected chi connectivity index (χ3v) is 5.17. The van der Waals surface area contributed by atoms with Gasteiger partial charge in [-0.25, -0.2) is 4.79 Å². The number of thioether (sulfide) groups is 2. The molecule has 94 valence electrons. The lowest BCUT2D eigenvalue weighted by atomic mass is 10.2. The number of fused-ring (bicyclic) bond motifs is 1. The molecule has 0 bridgehead atoms. The molecule has 1 aromatic rings. The summed E-state index contributed by atoms with van der Waals surface area (Å²) >= 11 is 3.60. The fraction of sp³-hybridized carbons (Fsp3) is 0.583. The first-order valence-electron chi connectivity index (χ1n) is 5.52. The average Bonchev–Trinajstić information content (AvgIpc) is 2.68. The fourth-order valence-electron chi connectivity index (χ4n) is 1.85. The third kappa shape index (κ3) is 2.36. The van der Waals surface area contributed by atoms with Gasteiger partial charge in [0, 0.05) is 26.3 Å². The lowest BCUT2D eigenvalue weighted by Gasteiger charge is -2.21. The Morgan fingerprint density at radius 2 is 1.65 bits per heavy atom. The monoisotopic (exact) mass is 271 g/mol. The molecule has 0 unspecified atom stereocenters. The highest BCUT2D eigenvalue weighted by molar-refractivity contribution is 8.18. The van der Waals surface area contributed by atoms with Crippen LogP contribution in [0.25, 0.3) is 0 Å². The summed E-state index contributed by atoms with van der Waals surface area (Å²) in [4.78, 5) is 14.6. The predicted molar refractivity (Wildman–Crippen MR) is 72.1 cm³/mol. The van der Waals surface area contributed by atoms with Crippen LogP contribution in [0.5, 0.6) is 0 Å². The second kappa shape index (κ2) is 4.28. The zero-order chi connectivity index (χ0) is 12.8. The highest BCUT2D eigenvalue weighted by Crippen LogP contribution is 2.47. The Morgan fingerprint density at radius 3 is 2.06 bits per heavy atom. The molecular weight excluding hydrogens is 254 g/mol. The van der Waals surface area contributed by atoms with Gasteiger partial charge in [-0.1, -0.05) is 0 Å². The second-order valence-corrected chi connectivity index (χ2v) is 7.39. The van der Waals surface area contributed by atoms with Gasteiger partial charge in [0.1, 0.15) is 5.60 Å². The van der Waals surface area contributed by atoms with Gasteiger partial charge < -0.3 is 4.74 Å². The van der Waals surface area contributed by atoms with Gasteiger partial charge in [-0.2, -0.15) is 0 Å². The first kappa shape index (κ1) is 12.9. The molecule has 3 nitrogen and oxygen atoms in total. The maximum Gasteiger partial charge on any atom is 0.419 e. The van der Waals surface area contributed by atoms with E-state index in [1.54, 1.807) is 28.1 Å². The molecule has 0 N–H and O–H groups in total. The van der Waals surface area contributed by atoms with Crippen LogP contribution in [0.15, 0.2) is 9.79 Å². The SMILES string of the molecule is Cc1c2c(c(C)n1C(=O)OC(C)(C)C)SCS2. The standard InChI is InChI=1S/C12H17NO2S2/c1-7-9-10(17-6-16-9)8(2)13(7)11(14)15-12(3,4)5/h6H2,1-5H3. The summed E-state index contributed by atoms with van der Waals surface area (Å²) in [7, 11) is 0. The van der Waals surface area contributed by atoms with Crippen LogP contribution in [0.1, 0.15) is 32.2 Å². The average molecular weight is 271 g/mol. The predicted octanol–water partition coefficient (Wildman–Crippen LogP) is 4.04. The summed E-state index contributed by atoms with van der Waals surface area (Å²) in [6.45, 7) is 9.62. The lowest BCUT2D eigenvalue weighted by Crippen LogP contribution is -2.28. The topological polar surface area (TPSA) is 31.2 Å². The molecule has 0 aromatic carbocycles. The van der Waals surface area contributed by atoms with Crippen molar-refractivity contribution in [3.63, 3.8) is 0 Å². The van der Waals surface area contributed by atoms with Crippen molar-refractivity contribution in [2.24, 2.45) is 0 Å². The maximum absolute atomic E-state index is 12.1. The molecule has 5 heteroatoms. The first-order valence-corrected chi connectivity index (χ1v) is 7.49. The number of aromatic nitrogens is 1. The van der Waals surface area contributed by atoms with Crippen LogP contribution < -0.4 is 0 Å². The molecule has 1 aliphatic rings. The van der Waals surface area contributed by atoms with Crippen molar-refractivity contribution in [1.82, 2.24) is 4.57 Å². The molecule has 2 heterocycles. The highest BCUT2D eigenvalue weighted by Gasteiger charge is 2.28. The van der Waals surface area contributed by atoms with E-state index in [0.29, 0.717) is 0 Å². The summed E-state index contributed by atoms with van der Waals surface area (Å²) < 4.78 is 7.12. The van der Waals surface area contributed by atoms with E-state index in [1.165, 1.54) is 9.79 Å². The third-order valence-electron chi connectivity index (χ3n) is 2.52. The molecule has 0 saturated carbocycles. The van der Waals surface area contributed by atoms with E-state index in [4.69, 9.17) is 4.74 Å². The van der Waals surface area contributed by atoms with Crippen LogP contribution in [-0.2, 0) is 4.74 Å². The van der Waals surface area contributed by atoms with Crippen molar-refractivity contribution >= 4 is 29.6 Å². The van der Waals surface area contributed by atoms with Crippen molar-refractivity contribution in [2.75, 3.05) is 5.08 Å².